The Morgan fingerprint density at radius 2 is 1.95 bits per heavy atom. The van der Waals surface area contributed by atoms with E-state index < -0.39 is 0 Å². The van der Waals surface area contributed by atoms with Crippen molar-refractivity contribution in [1.29, 1.82) is 0 Å². The molecule has 1 aromatic carbocycles. The highest BCUT2D eigenvalue weighted by molar-refractivity contribution is 5.93. The molecule has 1 fully saturated rings. The van der Waals surface area contributed by atoms with Crippen LogP contribution in [0.3, 0.4) is 0 Å². The Balaban J connectivity index is 1.85. The zero-order valence-corrected chi connectivity index (χ0v) is 12.7. The highest BCUT2D eigenvalue weighted by Gasteiger charge is 2.22. The molecule has 3 N–H and O–H groups in total. The van der Waals surface area contributed by atoms with Crippen molar-refractivity contribution in [3.8, 4) is 0 Å². The lowest BCUT2D eigenvalue weighted by molar-refractivity contribution is -0.707. The van der Waals surface area contributed by atoms with Gasteiger partial charge in [0.2, 0.25) is 0 Å². The van der Waals surface area contributed by atoms with E-state index in [4.69, 9.17) is 0 Å². The second kappa shape index (κ2) is 7.44. The van der Waals surface area contributed by atoms with Crippen LogP contribution in [0.1, 0.15) is 51.0 Å². The van der Waals surface area contributed by atoms with E-state index in [0.717, 1.165) is 5.69 Å². The van der Waals surface area contributed by atoms with E-state index >= 15 is 0 Å². The minimum absolute atomic E-state index is 0.0152. The molecule has 1 atom stereocenters. The van der Waals surface area contributed by atoms with E-state index in [1.54, 1.807) is 0 Å². The van der Waals surface area contributed by atoms with Crippen LogP contribution >= 0.6 is 0 Å². The maximum atomic E-state index is 12.2. The largest absolute Gasteiger partial charge is 0.334 e. The summed E-state index contributed by atoms with van der Waals surface area (Å²) in [4.78, 5) is 12.2. The molecule has 0 aliphatic heterocycles. The Kier molecular flexibility index (Phi) is 5.60. The SMILES string of the molecule is Cc1cccc(NC(=O)[C@H](C)[NH2+]C2CCCCCC2)c1. The Labute approximate surface area is 122 Å². The Morgan fingerprint density at radius 3 is 2.60 bits per heavy atom. The fourth-order valence-electron chi connectivity index (χ4n) is 2.98. The molecule has 0 radical (unpaired) electrons. The van der Waals surface area contributed by atoms with Crippen LogP contribution in [0, 0.1) is 6.92 Å². The zero-order valence-electron chi connectivity index (χ0n) is 12.7. The van der Waals surface area contributed by atoms with E-state index in [1.807, 2.05) is 38.1 Å². The number of carbonyl (C=O) groups excluding carboxylic acids is 1. The molecule has 0 bridgehead atoms. The third-order valence-corrected chi connectivity index (χ3v) is 4.16. The van der Waals surface area contributed by atoms with Crippen molar-refractivity contribution in [2.24, 2.45) is 0 Å². The van der Waals surface area contributed by atoms with Crippen molar-refractivity contribution < 1.29 is 10.1 Å². The summed E-state index contributed by atoms with van der Waals surface area (Å²) >= 11 is 0. The smallest absolute Gasteiger partial charge is 0.282 e. The summed E-state index contributed by atoms with van der Waals surface area (Å²) in [7, 11) is 0. The standard InChI is InChI=1S/C17H26N2O/c1-13-8-7-11-16(12-13)19-17(20)14(2)18-15-9-5-3-4-6-10-15/h7-8,11-12,14-15,18H,3-6,9-10H2,1-2H3,(H,19,20)/p+1/t14-/m0/s1. The van der Waals surface area contributed by atoms with Crippen molar-refractivity contribution in [3.05, 3.63) is 29.8 Å². The van der Waals surface area contributed by atoms with Crippen molar-refractivity contribution in [2.75, 3.05) is 5.32 Å². The second-order valence-electron chi connectivity index (χ2n) is 6.09. The van der Waals surface area contributed by atoms with Gasteiger partial charge >= 0.3 is 0 Å². The Hall–Kier alpha value is -1.35. The third kappa shape index (κ3) is 4.64. The van der Waals surface area contributed by atoms with Crippen LogP contribution < -0.4 is 10.6 Å². The van der Waals surface area contributed by atoms with E-state index in [0.29, 0.717) is 6.04 Å². The van der Waals surface area contributed by atoms with E-state index in [2.05, 4.69) is 10.6 Å². The van der Waals surface area contributed by atoms with Gasteiger partial charge in [0.05, 0.1) is 6.04 Å². The lowest BCUT2D eigenvalue weighted by Crippen LogP contribution is -2.96. The molecule has 20 heavy (non-hydrogen) atoms. The molecule has 0 aromatic heterocycles. The average molecular weight is 275 g/mol. The maximum Gasteiger partial charge on any atom is 0.282 e. The predicted octanol–water partition coefficient (Wildman–Crippen LogP) is 2.61. The number of amides is 1. The van der Waals surface area contributed by atoms with Gasteiger partial charge in [0, 0.05) is 5.69 Å². The number of aryl methyl sites for hydroxylation is 1. The number of nitrogens with one attached hydrogen (secondary N) is 1. The van der Waals surface area contributed by atoms with Crippen LogP contribution in [0.5, 0.6) is 0 Å². The van der Waals surface area contributed by atoms with E-state index in [-0.39, 0.29) is 11.9 Å². The highest BCUT2D eigenvalue weighted by atomic mass is 16.2. The molecule has 1 aromatic rings. The molecule has 0 heterocycles. The molecular weight excluding hydrogens is 248 g/mol. The van der Waals surface area contributed by atoms with Gasteiger partial charge in [-0.2, -0.15) is 0 Å². The lowest BCUT2D eigenvalue weighted by Gasteiger charge is -2.18. The van der Waals surface area contributed by atoms with Gasteiger partial charge in [-0.1, -0.05) is 25.0 Å². The van der Waals surface area contributed by atoms with Gasteiger partial charge in [0.25, 0.3) is 5.91 Å². The lowest BCUT2D eigenvalue weighted by atomic mass is 10.1. The monoisotopic (exact) mass is 275 g/mol. The molecule has 2 rings (SSSR count). The molecule has 3 nitrogen and oxygen atoms in total. The molecule has 0 unspecified atom stereocenters. The van der Waals surface area contributed by atoms with Crippen molar-refractivity contribution >= 4 is 11.6 Å². The van der Waals surface area contributed by atoms with E-state index in [1.165, 1.54) is 44.1 Å². The third-order valence-electron chi connectivity index (χ3n) is 4.16. The molecule has 0 saturated heterocycles. The van der Waals surface area contributed by atoms with Gasteiger partial charge in [0.1, 0.15) is 0 Å². The first-order chi connectivity index (χ1) is 9.65. The summed E-state index contributed by atoms with van der Waals surface area (Å²) in [5.41, 5.74) is 2.07. The first-order valence-corrected chi connectivity index (χ1v) is 7.87. The molecule has 1 amide bonds. The number of anilines is 1. The predicted molar refractivity (Wildman–Crippen MR) is 82.7 cm³/mol. The minimum atomic E-state index is -0.0152. The summed E-state index contributed by atoms with van der Waals surface area (Å²) in [6.07, 6.45) is 7.84. The number of quaternary nitrogens is 1. The van der Waals surface area contributed by atoms with Gasteiger partial charge in [-0.25, -0.2) is 0 Å². The fraction of sp³-hybridized carbons (Fsp3) is 0.588. The van der Waals surface area contributed by atoms with Crippen molar-refractivity contribution in [1.82, 2.24) is 0 Å². The first-order valence-electron chi connectivity index (χ1n) is 7.87. The van der Waals surface area contributed by atoms with Gasteiger partial charge in [-0.05, 0) is 57.2 Å². The summed E-state index contributed by atoms with van der Waals surface area (Å²) < 4.78 is 0. The second-order valence-corrected chi connectivity index (χ2v) is 6.09. The number of carbonyl (C=O) groups is 1. The molecule has 0 spiro atoms. The first kappa shape index (κ1) is 15.0. The summed E-state index contributed by atoms with van der Waals surface area (Å²) in [6, 6.07) is 8.58. The Morgan fingerprint density at radius 1 is 1.25 bits per heavy atom. The summed E-state index contributed by atoms with van der Waals surface area (Å²) in [6.45, 7) is 4.05. The van der Waals surface area contributed by atoms with Crippen LogP contribution in [0.15, 0.2) is 24.3 Å². The number of hydrogen-bond donors (Lipinski definition) is 2. The Bertz CT molecular complexity index is 436. The minimum Gasteiger partial charge on any atom is -0.334 e. The fourth-order valence-corrected chi connectivity index (χ4v) is 2.98. The normalized spacial score (nSPS) is 18.3. The quantitative estimate of drug-likeness (QED) is 0.815. The van der Waals surface area contributed by atoms with Crippen LogP contribution in [-0.2, 0) is 4.79 Å². The van der Waals surface area contributed by atoms with Crippen LogP contribution in [0.2, 0.25) is 0 Å². The van der Waals surface area contributed by atoms with Gasteiger partial charge in [-0.15, -0.1) is 0 Å². The van der Waals surface area contributed by atoms with Crippen molar-refractivity contribution in [3.63, 3.8) is 0 Å². The van der Waals surface area contributed by atoms with Gasteiger partial charge in [0.15, 0.2) is 6.04 Å². The molecule has 1 saturated carbocycles. The average Bonchev–Trinajstić information content (AvgIpc) is 2.67. The summed E-state index contributed by atoms with van der Waals surface area (Å²) in [5, 5.41) is 5.28. The maximum absolute atomic E-state index is 12.2. The molecule has 110 valence electrons. The number of benzene rings is 1. The van der Waals surface area contributed by atoms with Gasteiger partial charge in [-0.3, -0.25) is 4.79 Å². The molecule has 1 aliphatic carbocycles. The summed E-state index contributed by atoms with van der Waals surface area (Å²) in [5.74, 6) is 0.111. The molecule has 1 aliphatic rings. The highest BCUT2D eigenvalue weighted by Crippen LogP contribution is 2.15. The topological polar surface area (TPSA) is 45.7 Å². The number of rotatable bonds is 4. The van der Waals surface area contributed by atoms with Crippen molar-refractivity contribution in [2.45, 2.75) is 64.5 Å². The van der Waals surface area contributed by atoms with E-state index in [9.17, 15) is 4.79 Å². The van der Waals surface area contributed by atoms with Crippen LogP contribution in [-0.4, -0.2) is 18.0 Å². The van der Waals surface area contributed by atoms with Crippen LogP contribution in [0.4, 0.5) is 5.69 Å². The molecule has 3 heteroatoms. The number of nitrogens with two attached hydrogens (primary N) is 1. The molecular formula is C17H27N2O+. The number of hydrogen-bond acceptors (Lipinski definition) is 1. The van der Waals surface area contributed by atoms with Crippen LogP contribution in [0.25, 0.3) is 0 Å². The zero-order chi connectivity index (χ0) is 14.4. The van der Waals surface area contributed by atoms with Gasteiger partial charge < -0.3 is 10.6 Å².